The largest absolute Gasteiger partial charge is 0.338 e. The van der Waals surface area contributed by atoms with Gasteiger partial charge in [-0.2, -0.15) is 4.98 Å². The van der Waals surface area contributed by atoms with Gasteiger partial charge in [0.15, 0.2) is 11.0 Å². The molecule has 6 heteroatoms. The number of rotatable bonds is 5. The van der Waals surface area contributed by atoms with Gasteiger partial charge in [-0.3, -0.25) is 4.57 Å². The molecule has 0 bridgehead atoms. The molecule has 0 saturated heterocycles. The van der Waals surface area contributed by atoms with Crippen LogP contribution in [-0.4, -0.2) is 19.7 Å². The SMILES string of the molecule is Cc1noc(C(C)Sc2nccn2-c2ccccc2C(C)C)n1. The maximum Gasteiger partial charge on any atom is 0.239 e. The Labute approximate surface area is 140 Å². The third-order valence-electron chi connectivity index (χ3n) is 3.60. The maximum absolute atomic E-state index is 5.26. The summed E-state index contributed by atoms with van der Waals surface area (Å²) in [7, 11) is 0. The van der Waals surface area contributed by atoms with Crippen LogP contribution in [-0.2, 0) is 0 Å². The van der Waals surface area contributed by atoms with Gasteiger partial charge in [0.25, 0.3) is 0 Å². The van der Waals surface area contributed by atoms with E-state index < -0.39 is 0 Å². The Balaban J connectivity index is 1.91. The third-order valence-corrected chi connectivity index (χ3v) is 4.67. The van der Waals surface area contributed by atoms with Crippen LogP contribution in [0.5, 0.6) is 0 Å². The summed E-state index contributed by atoms with van der Waals surface area (Å²) in [6, 6.07) is 8.43. The van der Waals surface area contributed by atoms with Gasteiger partial charge in [-0.25, -0.2) is 4.98 Å². The van der Waals surface area contributed by atoms with Crippen molar-refractivity contribution in [3.05, 3.63) is 53.9 Å². The molecule has 0 aliphatic rings. The van der Waals surface area contributed by atoms with Crippen LogP contribution in [0.4, 0.5) is 0 Å². The van der Waals surface area contributed by atoms with E-state index in [2.05, 4.69) is 57.8 Å². The van der Waals surface area contributed by atoms with E-state index in [0.29, 0.717) is 17.6 Å². The molecule has 5 nitrogen and oxygen atoms in total. The molecular formula is C17H20N4OS. The van der Waals surface area contributed by atoms with Gasteiger partial charge in [0, 0.05) is 12.4 Å². The lowest BCUT2D eigenvalue weighted by Gasteiger charge is -2.16. The lowest BCUT2D eigenvalue weighted by Crippen LogP contribution is -2.02. The Hall–Kier alpha value is -2.08. The van der Waals surface area contributed by atoms with Crippen molar-refractivity contribution in [2.45, 2.75) is 44.0 Å². The minimum absolute atomic E-state index is 0.0450. The van der Waals surface area contributed by atoms with Crippen LogP contribution in [0.3, 0.4) is 0 Å². The predicted molar refractivity (Wildman–Crippen MR) is 91.0 cm³/mol. The molecule has 120 valence electrons. The Morgan fingerprint density at radius 1 is 1.17 bits per heavy atom. The van der Waals surface area contributed by atoms with Crippen LogP contribution >= 0.6 is 11.8 Å². The molecule has 1 aromatic carbocycles. The number of benzene rings is 1. The summed E-state index contributed by atoms with van der Waals surface area (Å²) in [5.74, 6) is 1.72. The zero-order chi connectivity index (χ0) is 16.4. The summed E-state index contributed by atoms with van der Waals surface area (Å²) >= 11 is 1.61. The van der Waals surface area contributed by atoms with Crippen molar-refractivity contribution < 1.29 is 4.52 Å². The highest BCUT2D eigenvalue weighted by molar-refractivity contribution is 7.99. The minimum Gasteiger partial charge on any atom is -0.338 e. The van der Waals surface area contributed by atoms with Gasteiger partial charge >= 0.3 is 0 Å². The zero-order valence-corrected chi connectivity index (χ0v) is 14.5. The van der Waals surface area contributed by atoms with Crippen molar-refractivity contribution in [3.8, 4) is 5.69 Å². The van der Waals surface area contributed by atoms with E-state index in [4.69, 9.17) is 4.52 Å². The standard InChI is InChI=1S/C17H20N4OS/c1-11(2)14-7-5-6-8-15(14)21-10-9-18-17(21)23-12(3)16-19-13(4)20-22-16/h5-12H,1-4H3. The van der Waals surface area contributed by atoms with E-state index >= 15 is 0 Å². The normalized spacial score (nSPS) is 12.7. The van der Waals surface area contributed by atoms with Crippen LogP contribution in [0.1, 0.15) is 49.2 Å². The Kier molecular flexibility index (Phi) is 4.52. The van der Waals surface area contributed by atoms with Gasteiger partial charge in [0.2, 0.25) is 5.89 Å². The van der Waals surface area contributed by atoms with Crippen LogP contribution in [0, 0.1) is 6.92 Å². The zero-order valence-electron chi connectivity index (χ0n) is 13.7. The number of nitrogens with zero attached hydrogens (tertiary/aromatic N) is 4. The van der Waals surface area contributed by atoms with E-state index in [0.717, 1.165) is 10.8 Å². The Bertz CT molecular complexity index is 793. The molecule has 23 heavy (non-hydrogen) atoms. The number of hydrogen-bond acceptors (Lipinski definition) is 5. The molecule has 3 rings (SSSR count). The monoisotopic (exact) mass is 328 g/mol. The lowest BCUT2D eigenvalue weighted by molar-refractivity contribution is 0.376. The van der Waals surface area contributed by atoms with Gasteiger partial charge in [-0.05, 0) is 31.4 Å². The van der Waals surface area contributed by atoms with E-state index in [1.165, 1.54) is 5.56 Å². The number of hydrogen-bond donors (Lipinski definition) is 0. The fraction of sp³-hybridized carbons (Fsp3) is 0.353. The van der Waals surface area contributed by atoms with Crippen molar-refractivity contribution in [3.63, 3.8) is 0 Å². The highest BCUT2D eigenvalue weighted by Crippen LogP contribution is 2.35. The van der Waals surface area contributed by atoms with E-state index in [1.807, 2.05) is 26.2 Å². The topological polar surface area (TPSA) is 56.7 Å². The average Bonchev–Trinajstić information content (AvgIpc) is 3.16. The summed E-state index contributed by atoms with van der Waals surface area (Å²) in [4.78, 5) is 8.81. The fourth-order valence-corrected chi connectivity index (χ4v) is 3.35. The average molecular weight is 328 g/mol. The molecular weight excluding hydrogens is 308 g/mol. The number of aromatic nitrogens is 4. The Morgan fingerprint density at radius 2 is 1.96 bits per heavy atom. The van der Waals surface area contributed by atoms with Crippen molar-refractivity contribution in [1.82, 2.24) is 19.7 Å². The highest BCUT2D eigenvalue weighted by Gasteiger charge is 2.19. The highest BCUT2D eigenvalue weighted by atomic mass is 32.2. The van der Waals surface area contributed by atoms with Crippen molar-refractivity contribution in [2.24, 2.45) is 0 Å². The van der Waals surface area contributed by atoms with Gasteiger partial charge in [0.1, 0.15) is 0 Å². The smallest absolute Gasteiger partial charge is 0.239 e. The second-order valence-electron chi connectivity index (χ2n) is 5.73. The number of thioether (sulfide) groups is 1. The molecule has 0 aliphatic heterocycles. The van der Waals surface area contributed by atoms with Gasteiger partial charge in [-0.15, -0.1) is 0 Å². The Morgan fingerprint density at radius 3 is 2.65 bits per heavy atom. The quantitative estimate of drug-likeness (QED) is 0.644. The molecule has 3 aromatic rings. The second-order valence-corrected chi connectivity index (χ2v) is 7.04. The first-order valence-electron chi connectivity index (χ1n) is 7.65. The maximum atomic E-state index is 5.26. The lowest BCUT2D eigenvalue weighted by atomic mass is 10.0. The first-order chi connectivity index (χ1) is 11.1. The van der Waals surface area contributed by atoms with E-state index in [-0.39, 0.29) is 5.25 Å². The van der Waals surface area contributed by atoms with Gasteiger partial charge in [-0.1, -0.05) is 49.0 Å². The van der Waals surface area contributed by atoms with Crippen LogP contribution in [0.15, 0.2) is 46.3 Å². The molecule has 0 spiro atoms. The summed E-state index contributed by atoms with van der Waals surface area (Å²) in [6.07, 6.45) is 3.82. The van der Waals surface area contributed by atoms with E-state index in [9.17, 15) is 0 Å². The van der Waals surface area contributed by atoms with Crippen LogP contribution in [0.25, 0.3) is 5.69 Å². The molecule has 1 atom stereocenters. The summed E-state index contributed by atoms with van der Waals surface area (Å²) in [6.45, 7) is 8.27. The molecule has 2 heterocycles. The van der Waals surface area contributed by atoms with Crippen LogP contribution < -0.4 is 0 Å². The van der Waals surface area contributed by atoms with E-state index in [1.54, 1.807) is 11.8 Å². The van der Waals surface area contributed by atoms with Gasteiger partial charge in [0.05, 0.1) is 10.9 Å². The minimum atomic E-state index is 0.0450. The molecule has 1 unspecified atom stereocenters. The number of aryl methyl sites for hydroxylation is 1. The molecule has 0 fully saturated rings. The van der Waals surface area contributed by atoms with Crippen molar-refractivity contribution in [2.75, 3.05) is 0 Å². The van der Waals surface area contributed by atoms with Crippen LogP contribution in [0.2, 0.25) is 0 Å². The molecule has 0 N–H and O–H groups in total. The first-order valence-corrected chi connectivity index (χ1v) is 8.53. The summed E-state index contributed by atoms with van der Waals surface area (Å²) < 4.78 is 7.39. The summed E-state index contributed by atoms with van der Waals surface area (Å²) in [5.41, 5.74) is 2.46. The molecule has 0 saturated carbocycles. The molecule has 0 amide bonds. The number of imidazole rings is 1. The first kappa shape index (κ1) is 15.8. The third kappa shape index (κ3) is 3.32. The molecule has 2 aromatic heterocycles. The molecule has 0 radical (unpaired) electrons. The van der Waals surface area contributed by atoms with Crippen molar-refractivity contribution >= 4 is 11.8 Å². The number of para-hydroxylation sites is 1. The second kappa shape index (κ2) is 6.58. The van der Waals surface area contributed by atoms with Crippen molar-refractivity contribution in [1.29, 1.82) is 0 Å². The molecule has 0 aliphatic carbocycles. The van der Waals surface area contributed by atoms with Gasteiger partial charge < -0.3 is 4.52 Å². The summed E-state index contributed by atoms with van der Waals surface area (Å²) in [5, 5.41) is 4.82. The fourth-order valence-electron chi connectivity index (χ4n) is 2.44. The predicted octanol–water partition coefficient (Wildman–Crippen LogP) is 4.54.